The summed E-state index contributed by atoms with van der Waals surface area (Å²) >= 11 is 0. The molecule has 0 amide bonds. The number of aliphatic hydroxyl groups is 4. The number of ether oxygens (including phenoxy) is 4. The van der Waals surface area contributed by atoms with E-state index in [0.717, 1.165) is 89.9 Å². The van der Waals surface area contributed by atoms with Gasteiger partial charge in [0.05, 0.1) is 19.8 Å². The molecule has 1 heterocycles. The molecule has 9 nitrogen and oxygen atoms in total. The van der Waals surface area contributed by atoms with Crippen molar-refractivity contribution < 1.29 is 44.2 Å². The summed E-state index contributed by atoms with van der Waals surface area (Å²) in [5, 5.41) is 40.0. The molecule has 0 spiro atoms. The first kappa shape index (κ1) is 49.9. The Bertz CT molecular complexity index is 1010. The predicted molar refractivity (Wildman–Crippen MR) is 219 cm³/mol. The summed E-state index contributed by atoms with van der Waals surface area (Å²) in [6.45, 7) is 4.36. The van der Waals surface area contributed by atoms with Crippen LogP contribution in [-0.2, 0) is 23.7 Å². The zero-order valence-electron chi connectivity index (χ0n) is 34.0. The van der Waals surface area contributed by atoms with Crippen LogP contribution in [0.5, 0.6) is 0 Å². The summed E-state index contributed by atoms with van der Waals surface area (Å²) in [6, 6.07) is 0. The summed E-state index contributed by atoms with van der Waals surface area (Å²) in [7, 11) is 0. The molecule has 1 rings (SSSR count). The molecule has 0 bridgehead atoms. The van der Waals surface area contributed by atoms with Gasteiger partial charge in [0.25, 0.3) is 0 Å². The van der Waals surface area contributed by atoms with Crippen LogP contribution in [0, 0.1) is 0 Å². The second-order valence-corrected chi connectivity index (χ2v) is 14.4. The average Bonchev–Trinajstić information content (AvgIpc) is 3.17. The largest absolute Gasteiger partial charge is 0.457 e. The first-order chi connectivity index (χ1) is 26.4. The highest BCUT2D eigenvalue weighted by atomic mass is 16.7. The second kappa shape index (κ2) is 36.5. The third-order valence-electron chi connectivity index (χ3n) is 9.42. The van der Waals surface area contributed by atoms with Crippen molar-refractivity contribution in [3.05, 3.63) is 60.8 Å². The minimum atomic E-state index is -1.54. The number of carbonyl (C=O) groups is 1. The fourth-order valence-electron chi connectivity index (χ4n) is 6.06. The van der Waals surface area contributed by atoms with E-state index in [2.05, 4.69) is 74.6 Å². The van der Waals surface area contributed by atoms with Crippen molar-refractivity contribution in [1.29, 1.82) is 0 Å². The van der Waals surface area contributed by atoms with Gasteiger partial charge >= 0.3 is 5.97 Å². The molecule has 6 atom stereocenters. The van der Waals surface area contributed by atoms with E-state index in [1.165, 1.54) is 44.9 Å². The van der Waals surface area contributed by atoms with Crippen LogP contribution in [0.2, 0.25) is 0 Å². The molecule has 1 saturated heterocycles. The van der Waals surface area contributed by atoms with Gasteiger partial charge in [0.15, 0.2) is 6.29 Å². The highest BCUT2D eigenvalue weighted by Crippen LogP contribution is 2.22. The number of allylic oxidation sites excluding steroid dienone is 10. The molecule has 54 heavy (non-hydrogen) atoms. The molecule has 4 N–H and O–H groups in total. The molecule has 9 heteroatoms. The number of esters is 1. The standard InChI is InChI=1S/C45H78O9/c1-3-5-7-9-11-13-15-17-18-19-20-21-23-25-27-29-31-33-35-51-37-39(38-52-45-44(50)43(49)42(48)40(36-46)54-45)53-41(47)34-32-30-28-26-24-22-16-14-12-10-8-6-4-2/h5,7,11,13-14,16-18,20-21,39-40,42-46,48-50H,3-4,6,8-10,12,15,19,22-38H2,1-2H3/b7-5-,13-11-,16-14-,18-17-,21-20-. The maximum Gasteiger partial charge on any atom is 0.306 e. The van der Waals surface area contributed by atoms with Crippen LogP contribution in [-0.4, -0.2) is 89.6 Å². The lowest BCUT2D eigenvalue weighted by molar-refractivity contribution is -0.305. The minimum absolute atomic E-state index is 0.126. The van der Waals surface area contributed by atoms with E-state index in [1.807, 2.05) is 0 Å². The van der Waals surface area contributed by atoms with Crippen molar-refractivity contribution >= 4 is 5.97 Å². The van der Waals surface area contributed by atoms with E-state index in [4.69, 9.17) is 18.9 Å². The van der Waals surface area contributed by atoms with E-state index >= 15 is 0 Å². The quantitative estimate of drug-likeness (QED) is 0.0283. The lowest BCUT2D eigenvalue weighted by atomic mass is 9.99. The normalized spacial score (nSPS) is 21.5. The zero-order valence-corrected chi connectivity index (χ0v) is 34.0. The fourth-order valence-corrected chi connectivity index (χ4v) is 6.06. The van der Waals surface area contributed by atoms with E-state index in [-0.39, 0.29) is 19.2 Å². The molecule has 1 aliphatic rings. The van der Waals surface area contributed by atoms with Gasteiger partial charge in [-0.1, -0.05) is 132 Å². The lowest BCUT2D eigenvalue weighted by Crippen LogP contribution is -2.59. The second-order valence-electron chi connectivity index (χ2n) is 14.4. The summed E-state index contributed by atoms with van der Waals surface area (Å²) in [5.41, 5.74) is 0. The Morgan fingerprint density at radius 2 is 1.13 bits per heavy atom. The number of aliphatic hydroxyl groups excluding tert-OH is 4. The predicted octanol–water partition coefficient (Wildman–Crippen LogP) is 9.13. The molecule has 6 unspecified atom stereocenters. The number of hydrogen-bond acceptors (Lipinski definition) is 9. The summed E-state index contributed by atoms with van der Waals surface area (Å²) in [5.74, 6) is -0.333. The van der Waals surface area contributed by atoms with Gasteiger partial charge in [-0.15, -0.1) is 0 Å². The minimum Gasteiger partial charge on any atom is -0.457 e. The SMILES string of the molecule is CC/C=C\C/C=C\C/C=C\C/C=C\CCCCCCCOCC(COC1OC(CO)C(O)C(O)C1O)OC(=O)CCCCCCC/C=C\CCCCCC. The smallest absolute Gasteiger partial charge is 0.306 e. The molecule has 0 radical (unpaired) electrons. The van der Waals surface area contributed by atoms with Crippen LogP contribution >= 0.6 is 0 Å². The molecule has 0 aromatic carbocycles. The molecular weight excluding hydrogens is 684 g/mol. The molecular formula is C45H78O9. The van der Waals surface area contributed by atoms with Crippen molar-refractivity contribution in [2.75, 3.05) is 26.4 Å². The monoisotopic (exact) mass is 763 g/mol. The third kappa shape index (κ3) is 27.5. The van der Waals surface area contributed by atoms with E-state index in [0.29, 0.717) is 13.0 Å². The molecule has 1 aliphatic heterocycles. The van der Waals surface area contributed by atoms with Crippen molar-refractivity contribution in [3.8, 4) is 0 Å². The van der Waals surface area contributed by atoms with Crippen molar-refractivity contribution in [2.45, 2.75) is 192 Å². The van der Waals surface area contributed by atoms with Crippen molar-refractivity contribution in [1.82, 2.24) is 0 Å². The van der Waals surface area contributed by atoms with Gasteiger partial charge in [-0.25, -0.2) is 0 Å². The van der Waals surface area contributed by atoms with Crippen LogP contribution < -0.4 is 0 Å². The van der Waals surface area contributed by atoms with Gasteiger partial charge in [0.2, 0.25) is 0 Å². The van der Waals surface area contributed by atoms with E-state index in [9.17, 15) is 25.2 Å². The Kier molecular flexibility index (Phi) is 33.8. The van der Waals surface area contributed by atoms with Gasteiger partial charge in [-0.2, -0.15) is 0 Å². The van der Waals surface area contributed by atoms with Crippen LogP contribution in [0.1, 0.15) is 155 Å². The summed E-state index contributed by atoms with van der Waals surface area (Å²) in [6.07, 6.45) is 38.1. The van der Waals surface area contributed by atoms with Gasteiger partial charge in [-0.05, 0) is 77.0 Å². The Hall–Kier alpha value is -2.11. The maximum absolute atomic E-state index is 12.7. The van der Waals surface area contributed by atoms with Gasteiger partial charge in [0.1, 0.15) is 30.5 Å². The number of carbonyl (C=O) groups excluding carboxylic acids is 1. The van der Waals surface area contributed by atoms with Crippen LogP contribution in [0.15, 0.2) is 60.8 Å². The average molecular weight is 763 g/mol. The molecule has 0 saturated carbocycles. The molecule has 1 fully saturated rings. The van der Waals surface area contributed by atoms with Crippen LogP contribution in [0.4, 0.5) is 0 Å². The topological polar surface area (TPSA) is 135 Å². The van der Waals surface area contributed by atoms with Gasteiger partial charge in [0, 0.05) is 13.0 Å². The van der Waals surface area contributed by atoms with Crippen LogP contribution in [0.25, 0.3) is 0 Å². The highest BCUT2D eigenvalue weighted by molar-refractivity contribution is 5.69. The number of unbranched alkanes of at least 4 members (excludes halogenated alkanes) is 14. The fraction of sp³-hybridized carbons (Fsp3) is 0.756. The number of rotatable bonds is 35. The Morgan fingerprint density at radius 3 is 1.72 bits per heavy atom. The first-order valence-electron chi connectivity index (χ1n) is 21.4. The van der Waals surface area contributed by atoms with Crippen molar-refractivity contribution in [2.24, 2.45) is 0 Å². The van der Waals surface area contributed by atoms with Crippen molar-refractivity contribution in [3.63, 3.8) is 0 Å². The first-order valence-corrected chi connectivity index (χ1v) is 21.4. The summed E-state index contributed by atoms with van der Waals surface area (Å²) < 4.78 is 22.7. The van der Waals surface area contributed by atoms with E-state index < -0.39 is 43.4 Å². The van der Waals surface area contributed by atoms with Gasteiger partial charge < -0.3 is 39.4 Å². The maximum atomic E-state index is 12.7. The highest BCUT2D eigenvalue weighted by Gasteiger charge is 2.44. The zero-order chi connectivity index (χ0) is 39.3. The Morgan fingerprint density at radius 1 is 0.611 bits per heavy atom. The lowest BCUT2D eigenvalue weighted by Gasteiger charge is -2.39. The third-order valence-corrected chi connectivity index (χ3v) is 9.42. The Balaban J connectivity index is 2.31. The summed E-state index contributed by atoms with van der Waals surface area (Å²) in [4.78, 5) is 12.7. The van der Waals surface area contributed by atoms with Crippen LogP contribution in [0.3, 0.4) is 0 Å². The van der Waals surface area contributed by atoms with E-state index in [1.54, 1.807) is 0 Å². The number of hydrogen-bond donors (Lipinski definition) is 4. The molecule has 0 aromatic heterocycles. The van der Waals surface area contributed by atoms with Gasteiger partial charge in [-0.3, -0.25) is 4.79 Å². The molecule has 312 valence electrons. The molecule has 0 aromatic rings. The molecule has 0 aliphatic carbocycles. The Labute approximate surface area is 328 Å².